The first kappa shape index (κ1) is 10.2. The molecule has 80 valence electrons. The molecule has 0 atom stereocenters. The molecule has 15 heavy (non-hydrogen) atoms. The van der Waals surface area contributed by atoms with Gasteiger partial charge in [-0.05, 0) is 25.5 Å². The van der Waals surface area contributed by atoms with Crippen LogP contribution in [0.4, 0.5) is 5.69 Å². The summed E-state index contributed by atoms with van der Waals surface area (Å²) < 4.78 is 0. The third kappa shape index (κ3) is 2.20. The number of anilines is 1. The predicted molar refractivity (Wildman–Crippen MR) is 65.7 cm³/mol. The minimum atomic E-state index is 0.992. The Kier molecular flexibility index (Phi) is 3.05. The lowest BCUT2D eigenvalue weighted by molar-refractivity contribution is 0.778. The second-order valence-electron chi connectivity index (χ2n) is 3.99. The summed E-state index contributed by atoms with van der Waals surface area (Å²) in [6.07, 6.45) is 2.19. The molecule has 1 aromatic rings. The number of aliphatic imine (C=N–C) groups is 1. The Hall–Kier alpha value is -1.31. The van der Waals surface area contributed by atoms with Crippen molar-refractivity contribution < 1.29 is 0 Å². The number of hydrogen-bond donors (Lipinski definition) is 0. The molecule has 0 fully saturated rings. The van der Waals surface area contributed by atoms with Crippen molar-refractivity contribution in [1.82, 2.24) is 0 Å². The molecule has 0 amide bonds. The van der Waals surface area contributed by atoms with Gasteiger partial charge in [0.15, 0.2) is 0 Å². The van der Waals surface area contributed by atoms with E-state index in [2.05, 4.69) is 48.0 Å². The van der Waals surface area contributed by atoms with Crippen LogP contribution in [0.3, 0.4) is 0 Å². The van der Waals surface area contributed by atoms with Crippen molar-refractivity contribution >= 4 is 11.5 Å². The van der Waals surface area contributed by atoms with Gasteiger partial charge in [-0.2, -0.15) is 0 Å². The molecular weight excluding hydrogens is 184 g/mol. The molecule has 0 aromatic heterocycles. The van der Waals surface area contributed by atoms with Crippen LogP contribution >= 0.6 is 0 Å². The predicted octanol–water partition coefficient (Wildman–Crippen LogP) is 3.01. The van der Waals surface area contributed by atoms with Gasteiger partial charge in [-0.25, -0.2) is 0 Å². The fourth-order valence-corrected chi connectivity index (χ4v) is 1.96. The van der Waals surface area contributed by atoms with E-state index >= 15 is 0 Å². The zero-order valence-electron chi connectivity index (χ0n) is 9.53. The Bertz CT molecular complexity index is 351. The van der Waals surface area contributed by atoms with Crippen molar-refractivity contribution in [3.63, 3.8) is 0 Å². The average molecular weight is 202 g/mol. The van der Waals surface area contributed by atoms with Crippen LogP contribution in [0.1, 0.15) is 25.3 Å². The van der Waals surface area contributed by atoms with Crippen LogP contribution < -0.4 is 4.90 Å². The molecule has 0 spiro atoms. The highest BCUT2D eigenvalue weighted by Crippen LogP contribution is 2.19. The quantitative estimate of drug-likeness (QED) is 0.719. The molecule has 1 aromatic carbocycles. The van der Waals surface area contributed by atoms with E-state index in [1.54, 1.807) is 0 Å². The molecule has 0 radical (unpaired) electrons. The molecule has 2 rings (SSSR count). The summed E-state index contributed by atoms with van der Waals surface area (Å²) in [6.45, 7) is 6.39. The fourth-order valence-electron chi connectivity index (χ4n) is 1.96. The number of benzene rings is 1. The van der Waals surface area contributed by atoms with E-state index in [0.717, 1.165) is 25.9 Å². The third-order valence-corrected chi connectivity index (χ3v) is 2.81. The Labute approximate surface area is 91.6 Å². The summed E-state index contributed by atoms with van der Waals surface area (Å²) in [4.78, 5) is 6.91. The first-order valence-corrected chi connectivity index (χ1v) is 5.69. The van der Waals surface area contributed by atoms with E-state index < -0.39 is 0 Å². The van der Waals surface area contributed by atoms with E-state index in [9.17, 15) is 0 Å². The lowest BCUT2D eigenvalue weighted by Gasteiger charge is -2.29. The molecule has 0 saturated carbocycles. The molecular formula is C13H18N2. The van der Waals surface area contributed by atoms with Crippen molar-refractivity contribution in [1.29, 1.82) is 0 Å². The molecule has 0 unspecified atom stereocenters. The van der Waals surface area contributed by atoms with Gasteiger partial charge in [-0.15, -0.1) is 0 Å². The zero-order chi connectivity index (χ0) is 10.7. The van der Waals surface area contributed by atoms with Gasteiger partial charge in [0.25, 0.3) is 0 Å². The Morgan fingerprint density at radius 2 is 2.00 bits per heavy atom. The van der Waals surface area contributed by atoms with Gasteiger partial charge in [-0.3, -0.25) is 4.99 Å². The molecule has 1 aliphatic rings. The first-order valence-electron chi connectivity index (χ1n) is 5.69. The van der Waals surface area contributed by atoms with Crippen molar-refractivity contribution in [3.05, 3.63) is 29.8 Å². The lowest BCUT2D eigenvalue weighted by Crippen LogP contribution is -2.35. The van der Waals surface area contributed by atoms with Crippen LogP contribution in [-0.2, 0) is 0 Å². The molecule has 2 nitrogen and oxygen atoms in total. The van der Waals surface area contributed by atoms with Gasteiger partial charge >= 0.3 is 0 Å². The minimum Gasteiger partial charge on any atom is -0.330 e. The maximum absolute atomic E-state index is 4.57. The SMILES string of the molecule is CCC1=NCCCN1c1ccc(C)cc1. The van der Waals surface area contributed by atoms with Crippen molar-refractivity contribution in [2.24, 2.45) is 4.99 Å². The van der Waals surface area contributed by atoms with Gasteiger partial charge in [0.05, 0.1) is 0 Å². The number of hydrogen-bond acceptors (Lipinski definition) is 2. The molecule has 0 aliphatic carbocycles. The number of rotatable bonds is 2. The maximum Gasteiger partial charge on any atom is 0.103 e. The summed E-state index contributed by atoms with van der Waals surface area (Å²) in [7, 11) is 0. The zero-order valence-corrected chi connectivity index (χ0v) is 9.53. The van der Waals surface area contributed by atoms with Crippen LogP contribution in [0.2, 0.25) is 0 Å². The van der Waals surface area contributed by atoms with Gasteiger partial charge in [0.1, 0.15) is 5.84 Å². The Morgan fingerprint density at radius 3 is 2.67 bits per heavy atom. The second kappa shape index (κ2) is 4.47. The average Bonchev–Trinajstić information content (AvgIpc) is 2.30. The van der Waals surface area contributed by atoms with E-state index in [4.69, 9.17) is 0 Å². The molecule has 0 N–H and O–H groups in total. The van der Waals surface area contributed by atoms with E-state index in [0.29, 0.717) is 0 Å². The fraction of sp³-hybridized carbons (Fsp3) is 0.462. The van der Waals surface area contributed by atoms with Crippen LogP contribution in [0.15, 0.2) is 29.3 Å². The highest BCUT2D eigenvalue weighted by atomic mass is 15.2. The Morgan fingerprint density at radius 1 is 1.27 bits per heavy atom. The van der Waals surface area contributed by atoms with Crippen LogP contribution in [0, 0.1) is 6.92 Å². The highest BCUT2D eigenvalue weighted by molar-refractivity contribution is 5.98. The standard InChI is InChI=1S/C13H18N2/c1-3-13-14-9-4-10-15(13)12-7-5-11(2)6-8-12/h5-8H,3-4,9-10H2,1-2H3. The smallest absolute Gasteiger partial charge is 0.103 e. The summed E-state index contributed by atoms with van der Waals surface area (Å²) in [5.41, 5.74) is 2.59. The largest absolute Gasteiger partial charge is 0.330 e. The monoisotopic (exact) mass is 202 g/mol. The summed E-state index contributed by atoms with van der Waals surface area (Å²) in [5.74, 6) is 1.23. The summed E-state index contributed by atoms with van der Waals surface area (Å²) >= 11 is 0. The molecule has 1 heterocycles. The molecule has 1 aliphatic heterocycles. The number of aryl methyl sites for hydroxylation is 1. The number of nitrogens with zero attached hydrogens (tertiary/aromatic N) is 2. The van der Waals surface area contributed by atoms with Crippen molar-refractivity contribution in [2.75, 3.05) is 18.0 Å². The van der Waals surface area contributed by atoms with Gasteiger partial charge in [0, 0.05) is 25.2 Å². The van der Waals surface area contributed by atoms with Gasteiger partial charge < -0.3 is 4.90 Å². The first-order chi connectivity index (χ1) is 7.31. The van der Waals surface area contributed by atoms with E-state index in [-0.39, 0.29) is 0 Å². The van der Waals surface area contributed by atoms with E-state index in [1.807, 2.05) is 0 Å². The normalized spacial score (nSPS) is 16.4. The molecule has 0 saturated heterocycles. The summed E-state index contributed by atoms with van der Waals surface area (Å²) in [6, 6.07) is 8.70. The second-order valence-corrected chi connectivity index (χ2v) is 3.99. The van der Waals surface area contributed by atoms with Crippen molar-refractivity contribution in [3.8, 4) is 0 Å². The Balaban J connectivity index is 2.25. The van der Waals surface area contributed by atoms with Gasteiger partial charge in [-0.1, -0.05) is 24.6 Å². The topological polar surface area (TPSA) is 15.6 Å². The van der Waals surface area contributed by atoms with Crippen molar-refractivity contribution in [2.45, 2.75) is 26.7 Å². The molecule has 0 bridgehead atoms. The minimum absolute atomic E-state index is 0.992. The van der Waals surface area contributed by atoms with Crippen LogP contribution in [0.5, 0.6) is 0 Å². The maximum atomic E-state index is 4.57. The summed E-state index contributed by atoms with van der Waals surface area (Å²) in [5, 5.41) is 0. The highest BCUT2D eigenvalue weighted by Gasteiger charge is 2.14. The van der Waals surface area contributed by atoms with Crippen LogP contribution in [0.25, 0.3) is 0 Å². The molecule has 2 heteroatoms. The lowest BCUT2D eigenvalue weighted by atomic mass is 10.2. The third-order valence-electron chi connectivity index (χ3n) is 2.81. The van der Waals surface area contributed by atoms with Crippen LogP contribution in [-0.4, -0.2) is 18.9 Å². The number of amidine groups is 1. The van der Waals surface area contributed by atoms with Gasteiger partial charge in [0.2, 0.25) is 0 Å². The van der Waals surface area contributed by atoms with E-state index in [1.165, 1.54) is 17.1 Å².